The Morgan fingerprint density at radius 3 is 0.824 bits per heavy atom. The highest BCUT2D eigenvalue weighted by Crippen LogP contribution is 2.56. The maximum atomic E-state index is 7.30. The van der Waals surface area contributed by atoms with Gasteiger partial charge in [0, 0.05) is 11.1 Å². The van der Waals surface area contributed by atoms with E-state index < -0.39 is 11.1 Å². The van der Waals surface area contributed by atoms with Gasteiger partial charge in [-0.25, -0.2) is 9.98 Å². The van der Waals surface area contributed by atoms with Crippen LogP contribution in [0.4, 0.5) is 0 Å². The van der Waals surface area contributed by atoms with Gasteiger partial charge in [-0.15, -0.1) is 0 Å². The molecule has 0 aromatic heterocycles. The Kier molecular flexibility index (Phi) is 14.9. The summed E-state index contributed by atoms with van der Waals surface area (Å²) >= 11 is 0. The number of hydrogen-bond donors (Lipinski definition) is 0. The molecule has 10 nitrogen and oxygen atoms in total. The molecular weight excluding hydrogens is 925 g/mol. The van der Waals surface area contributed by atoms with Gasteiger partial charge in [-0.1, -0.05) is 182 Å². The monoisotopic (exact) mass is 984 g/mol. The summed E-state index contributed by atoms with van der Waals surface area (Å²) in [6.07, 6.45) is 0. The highest BCUT2D eigenvalue weighted by molar-refractivity contribution is 6.11. The molecule has 374 valence electrons. The molecule has 10 rings (SSSR count). The molecule has 8 aromatic rings. The topological polar surface area (TPSA) is 98.6 Å². The summed E-state index contributed by atoms with van der Waals surface area (Å²) in [6.45, 7) is 10.0. The zero-order chi connectivity index (χ0) is 50.7. The highest BCUT2D eigenvalue weighted by atomic mass is 16.6. The van der Waals surface area contributed by atoms with E-state index in [9.17, 15) is 0 Å². The minimum Gasteiger partial charge on any atom is -0.485 e. The molecule has 10 heteroatoms. The van der Waals surface area contributed by atoms with Crippen molar-refractivity contribution in [2.75, 3.05) is 13.2 Å². The molecule has 74 heavy (non-hydrogen) atoms. The number of nitrogens with zero attached hydrogens (tertiary/aromatic N) is 2. The van der Waals surface area contributed by atoms with E-state index in [0.29, 0.717) is 81.8 Å². The van der Waals surface area contributed by atoms with Crippen LogP contribution in [0.2, 0.25) is 0 Å². The van der Waals surface area contributed by atoms with Gasteiger partial charge in [0.25, 0.3) is 0 Å². The summed E-state index contributed by atoms with van der Waals surface area (Å²) < 4.78 is 55.9. The SMILES string of the molecule is CC1(C)COC(c2cc(OCc3ccccc3)c(OCc3ccccc3)c(OCc3ccccc3)c2-c2c(C3=NC(C)(C)CO3)cc(OCc3ccccc3)c(OCc3ccccc3)c2OCc2ccccc2)=N1. The largest absolute Gasteiger partial charge is 0.485 e. The number of aliphatic imine (C=N–C) groups is 2. The molecule has 0 spiro atoms. The van der Waals surface area contributed by atoms with Gasteiger partial charge in [0.15, 0.2) is 23.0 Å². The zero-order valence-electron chi connectivity index (χ0n) is 42.3. The lowest BCUT2D eigenvalue weighted by Crippen LogP contribution is -2.17. The van der Waals surface area contributed by atoms with Crippen LogP contribution in [0, 0.1) is 0 Å². The van der Waals surface area contributed by atoms with Crippen molar-refractivity contribution >= 4 is 11.8 Å². The Labute approximate surface area is 433 Å². The van der Waals surface area contributed by atoms with E-state index in [1.54, 1.807) is 0 Å². The fourth-order valence-corrected chi connectivity index (χ4v) is 8.66. The Hall–Kier alpha value is -8.50. The molecule has 0 bridgehead atoms. The number of rotatable bonds is 21. The Morgan fingerprint density at radius 2 is 0.581 bits per heavy atom. The lowest BCUT2D eigenvalue weighted by Gasteiger charge is -2.27. The van der Waals surface area contributed by atoms with E-state index in [4.69, 9.17) is 47.9 Å². The standard InChI is InChI=1S/C64H60N2O8/c1-63(2)43-73-61(65-63)51-35-53(67-37-45-23-11-5-12-24-45)57(69-39-47-27-15-7-16-28-47)59(71-41-49-31-19-9-20-32-49)55(51)56-52(62-66-64(3,4)44-74-62)36-54(68-38-46-25-13-6-14-26-46)58(70-40-48-29-17-8-18-30-48)60(56)72-42-50-33-21-10-22-34-50/h5-36H,37-44H2,1-4H3. The molecule has 8 aromatic carbocycles. The van der Waals surface area contributed by atoms with Gasteiger partial charge in [-0.2, -0.15) is 0 Å². The predicted octanol–water partition coefficient (Wildman–Crippen LogP) is 13.9. The number of ether oxygens (including phenoxy) is 8. The summed E-state index contributed by atoms with van der Waals surface area (Å²) in [6, 6.07) is 64.2. The average Bonchev–Trinajstić information content (AvgIpc) is 4.02. The van der Waals surface area contributed by atoms with Crippen molar-refractivity contribution in [3.8, 4) is 45.6 Å². The van der Waals surface area contributed by atoms with Gasteiger partial charge in [0.2, 0.25) is 23.3 Å². The molecule has 0 atom stereocenters. The van der Waals surface area contributed by atoms with Crippen molar-refractivity contribution in [2.24, 2.45) is 9.98 Å². The minimum atomic E-state index is -0.567. The van der Waals surface area contributed by atoms with E-state index in [2.05, 4.69) is 0 Å². The van der Waals surface area contributed by atoms with Crippen LogP contribution in [-0.4, -0.2) is 36.1 Å². The van der Waals surface area contributed by atoms with E-state index in [0.717, 1.165) is 33.4 Å². The molecule has 0 aliphatic carbocycles. The van der Waals surface area contributed by atoms with E-state index in [1.807, 2.05) is 222 Å². The maximum absolute atomic E-state index is 7.30. The fourth-order valence-electron chi connectivity index (χ4n) is 8.66. The van der Waals surface area contributed by atoms with E-state index in [1.165, 1.54) is 0 Å². The van der Waals surface area contributed by atoms with Crippen LogP contribution in [0.5, 0.6) is 34.5 Å². The van der Waals surface area contributed by atoms with Crippen LogP contribution >= 0.6 is 0 Å². The highest BCUT2D eigenvalue weighted by Gasteiger charge is 2.39. The third kappa shape index (κ3) is 12.0. The Bertz CT molecular complexity index is 2980. The van der Waals surface area contributed by atoms with Crippen LogP contribution in [-0.2, 0) is 49.1 Å². The zero-order valence-corrected chi connectivity index (χ0v) is 42.3. The first kappa shape index (κ1) is 49.1. The van der Waals surface area contributed by atoms with Crippen molar-refractivity contribution in [1.82, 2.24) is 0 Å². The van der Waals surface area contributed by atoms with Crippen LogP contribution in [0.15, 0.2) is 204 Å². The first-order valence-corrected chi connectivity index (χ1v) is 25.0. The molecule has 2 aliphatic rings. The Morgan fingerprint density at radius 1 is 0.338 bits per heavy atom. The van der Waals surface area contributed by atoms with Gasteiger partial charge in [-0.3, -0.25) is 0 Å². The van der Waals surface area contributed by atoms with Gasteiger partial charge < -0.3 is 37.9 Å². The lowest BCUT2D eigenvalue weighted by molar-refractivity contribution is 0.228. The molecule has 2 aliphatic heterocycles. The molecule has 0 saturated carbocycles. The maximum Gasteiger partial charge on any atom is 0.217 e. The second-order valence-electron chi connectivity index (χ2n) is 19.6. The fraction of sp³-hybridized carbons (Fsp3) is 0.219. The second-order valence-corrected chi connectivity index (χ2v) is 19.6. The van der Waals surface area contributed by atoms with Crippen LogP contribution < -0.4 is 28.4 Å². The van der Waals surface area contributed by atoms with Gasteiger partial charge in [-0.05, 0) is 73.2 Å². The molecule has 0 amide bonds. The predicted molar refractivity (Wildman–Crippen MR) is 290 cm³/mol. The molecule has 0 saturated heterocycles. The van der Waals surface area contributed by atoms with Crippen LogP contribution in [0.1, 0.15) is 72.2 Å². The van der Waals surface area contributed by atoms with Crippen molar-refractivity contribution in [3.05, 3.63) is 239 Å². The summed E-state index contributed by atoms with van der Waals surface area (Å²) in [5.41, 5.74) is 6.81. The third-order valence-corrected chi connectivity index (χ3v) is 12.4. The van der Waals surface area contributed by atoms with Crippen molar-refractivity contribution in [2.45, 2.75) is 78.4 Å². The van der Waals surface area contributed by atoms with E-state index in [-0.39, 0.29) is 39.6 Å². The molecule has 0 unspecified atom stereocenters. The van der Waals surface area contributed by atoms with Crippen molar-refractivity contribution in [3.63, 3.8) is 0 Å². The quantitative estimate of drug-likeness (QED) is 0.0702. The second kappa shape index (κ2) is 22.5. The first-order chi connectivity index (χ1) is 36.1. The van der Waals surface area contributed by atoms with Crippen LogP contribution in [0.3, 0.4) is 0 Å². The van der Waals surface area contributed by atoms with E-state index >= 15 is 0 Å². The normalized spacial score (nSPS) is 14.2. The first-order valence-electron chi connectivity index (χ1n) is 25.0. The molecule has 2 heterocycles. The van der Waals surface area contributed by atoms with Gasteiger partial charge >= 0.3 is 0 Å². The smallest absolute Gasteiger partial charge is 0.217 e. The Balaban J connectivity index is 1.30. The van der Waals surface area contributed by atoms with Crippen molar-refractivity contribution in [1.29, 1.82) is 0 Å². The van der Waals surface area contributed by atoms with Crippen molar-refractivity contribution < 1.29 is 37.9 Å². The number of benzene rings is 8. The average molecular weight is 985 g/mol. The third-order valence-electron chi connectivity index (χ3n) is 12.4. The van der Waals surface area contributed by atoms with Crippen LogP contribution in [0.25, 0.3) is 11.1 Å². The van der Waals surface area contributed by atoms with Gasteiger partial charge in [0.1, 0.15) is 52.9 Å². The molecule has 0 radical (unpaired) electrons. The molecule has 0 fully saturated rings. The summed E-state index contributed by atoms with van der Waals surface area (Å²) in [5.74, 6) is 3.07. The minimum absolute atomic E-state index is 0.158. The summed E-state index contributed by atoms with van der Waals surface area (Å²) in [5, 5.41) is 0. The lowest BCUT2D eigenvalue weighted by atomic mass is 9.91. The summed E-state index contributed by atoms with van der Waals surface area (Å²) in [4.78, 5) is 10.5. The van der Waals surface area contributed by atoms with Gasteiger partial charge in [0.05, 0.1) is 22.2 Å². The number of hydrogen-bond acceptors (Lipinski definition) is 10. The molecule has 0 N–H and O–H groups in total. The summed E-state index contributed by atoms with van der Waals surface area (Å²) in [7, 11) is 0. The molecular formula is C64H60N2O8.